The van der Waals surface area contributed by atoms with E-state index in [9.17, 15) is 0 Å². The first-order chi connectivity index (χ1) is 6.72. The summed E-state index contributed by atoms with van der Waals surface area (Å²) in [5.74, 6) is 1.88. The van der Waals surface area contributed by atoms with Crippen LogP contribution >= 0.6 is 11.8 Å². The predicted octanol–water partition coefficient (Wildman–Crippen LogP) is 2.97. The van der Waals surface area contributed by atoms with Crippen LogP contribution in [0.5, 0.6) is 0 Å². The van der Waals surface area contributed by atoms with Gasteiger partial charge in [0.1, 0.15) is 0 Å². The molecule has 0 bridgehead atoms. The molecule has 0 radical (unpaired) electrons. The van der Waals surface area contributed by atoms with Crippen molar-refractivity contribution in [1.82, 2.24) is 0 Å². The molecule has 0 aliphatic heterocycles. The van der Waals surface area contributed by atoms with Crippen molar-refractivity contribution >= 4 is 11.8 Å². The largest absolute Gasteiger partial charge is 0.396 e. The zero-order valence-corrected chi connectivity index (χ0v) is 9.68. The lowest BCUT2D eigenvalue weighted by Gasteiger charge is -2.06. The van der Waals surface area contributed by atoms with E-state index >= 15 is 0 Å². The van der Waals surface area contributed by atoms with Crippen LogP contribution in [0.25, 0.3) is 0 Å². The predicted molar refractivity (Wildman–Crippen MR) is 62.8 cm³/mol. The van der Waals surface area contributed by atoms with Crippen molar-refractivity contribution < 1.29 is 5.11 Å². The fourth-order valence-electron chi connectivity index (χ4n) is 1.18. The molecule has 78 valence electrons. The van der Waals surface area contributed by atoms with Crippen LogP contribution in [-0.4, -0.2) is 17.5 Å². The molecule has 0 saturated carbocycles. The van der Waals surface area contributed by atoms with Gasteiger partial charge >= 0.3 is 0 Å². The lowest BCUT2D eigenvalue weighted by atomic mass is 10.2. The van der Waals surface area contributed by atoms with Crippen molar-refractivity contribution in [1.29, 1.82) is 0 Å². The number of hydrogen-bond donors (Lipinski definition) is 1. The summed E-state index contributed by atoms with van der Waals surface area (Å²) in [4.78, 5) is 1.31. The number of aliphatic hydroxyl groups is 1. The molecule has 0 spiro atoms. The number of hydrogen-bond acceptors (Lipinski definition) is 2. The Kier molecular flexibility index (Phi) is 5.05. The number of aliphatic hydroxyl groups excluding tert-OH is 1. The van der Waals surface area contributed by atoms with Gasteiger partial charge in [0.2, 0.25) is 0 Å². The third-order valence-electron chi connectivity index (χ3n) is 1.88. The second-order valence-electron chi connectivity index (χ2n) is 3.83. The van der Waals surface area contributed by atoms with Crippen LogP contribution in [0.2, 0.25) is 0 Å². The molecule has 1 aromatic carbocycles. The maximum Gasteiger partial charge on any atom is 0.0471 e. The lowest BCUT2D eigenvalue weighted by Crippen LogP contribution is -1.92. The van der Waals surface area contributed by atoms with E-state index in [1.54, 1.807) is 0 Å². The molecule has 2 heteroatoms. The molecule has 0 aromatic heterocycles. The van der Waals surface area contributed by atoms with Crippen LogP contribution < -0.4 is 0 Å². The van der Waals surface area contributed by atoms with Gasteiger partial charge in [0, 0.05) is 17.3 Å². The van der Waals surface area contributed by atoms with Gasteiger partial charge in [-0.1, -0.05) is 26.0 Å². The molecule has 0 aliphatic carbocycles. The normalized spacial score (nSPS) is 10.9. The summed E-state index contributed by atoms with van der Waals surface area (Å²) < 4.78 is 0. The smallest absolute Gasteiger partial charge is 0.0471 e. The Morgan fingerprint density at radius 2 is 2.14 bits per heavy atom. The minimum Gasteiger partial charge on any atom is -0.396 e. The summed E-state index contributed by atoms with van der Waals surface area (Å²) in [6, 6.07) is 8.43. The van der Waals surface area contributed by atoms with E-state index in [1.165, 1.54) is 10.5 Å². The van der Waals surface area contributed by atoms with E-state index < -0.39 is 0 Å². The maximum absolute atomic E-state index is 8.82. The van der Waals surface area contributed by atoms with Gasteiger partial charge in [-0.2, -0.15) is 0 Å². The fraction of sp³-hybridized carbons (Fsp3) is 0.500. The molecule has 1 N–H and O–H groups in total. The van der Waals surface area contributed by atoms with E-state index in [0.717, 1.165) is 18.1 Å². The summed E-state index contributed by atoms with van der Waals surface area (Å²) in [6.07, 6.45) is 0.760. The summed E-state index contributed by atoms with van der Waals surface area (Å²) in [5, 5.41) is 8.82. The van der Waals surface area contributed by atoms with E-state index in [1.807, 2.05) is 11.8 Å². The zero-order valence-electron chi connectivity index (χ0n) is 8.86. The SMILES string of the molecule is CC(C)CSc1cccc(CCO)c1. The summed E-state index contributed by atoms with van der Waals surface area (Å²) in [5.41, 5.74) is 1.22. The van der Waals surface area contributed by atoms with E-state index in [0.29, 0.717) is 0 Å². The molecule has 1 aromatic rings. The van der Waals surface area contributed by atoms with E-state index in [-0.39, 0.29) is 6.61 Å². The Bertz CT molecular complexity index is 271. The van der Waals surface area contributed by atoms with Gasteiger partial charge in [0.05, 0.1) is 0 Å². The molecule has 0 atom stereocenters. The second kappa shape index (κ2) is 6.10. The van der Waals surface area contributed by atoms with Crippen LogP contribution in [-0.2, 0) is 6.42 Å². The Labute approximate surface area is 90.5 Å². The van der Waals surface area contributed by atoms with Crippen LogP contribution in [0, 0.1) is 5.92 Å². The third-order valence-corrected chi connectivity index (χ3v) is 3.30. The van der Waals surface area contributed by atoms with Crippen molar-refractivity contribution in [2.24, 2.45) is 5.92 Å². The maximum atomic E-state index is 8.82. The highest BCUT2D eigenvalue weighted by Crippen LogP contribution is 2.21. The first-order valence-corrected chi connectivity index (χ1v) is 6.03. The third kappa shape index (κ3) is 4.16. The quantitative estimate of drug-likeness (QED) is 0.754. The highest BCUT2D eigenvalue weighted by atomic mass is 32.2. The Morgan fingerprint density at radius 1 is 1.36 bits per heavy atom. The average molecular weight is 210 g/mol. The molecular weight excluding hydrogens is 192 g/mol. The Balaban J connectivity index is 2.54. The molecule has 14 heavy (non-hydrogen) atoms. The fourth-order valence-corrected chi connectivity index (χ4v) is 2.12. The van der Waals surface area contributed by atoms with E-state index in [4.69, 9.17) is 5.11 Å². The second-order valence-corrected chi connectivity index (χ2v) is 4.92. The molecule has 0 unspecified atom stereocenters. The molecular formula is C12H18OS. The molecule has 0 saturated heterocycles. The molecule has 1 nitrogen and oxygen atoms in total. The topological polar surface area (TPSA) is 20.2 Å². The standard InChI is InChI=1S/C12H18OS/c1-10(2)9-14-12-5-3-4-11(8-12)6-7-13/h3-5,8,10,13H,6-7,9H2,1-2H3. The molecule has 0 amide bonds. The van der Waals surface area contributed by atoms with Crippen molar-refractivity contribution in [3.8, 4) is 0 Å². The summed E-state index contributed by atoms with van der Waals surface area (Å²) in [7, 11) is 0. The first-order valence-electron chi connectivity index (χ1n) is 5.05. The van der Waals surface area contributed by atoms with Gasteiger partial charge in [-0.3, -0.25) is 0 Å². The van der Waals surface area contributed by atoms with Crippen LogP contribution in [0.3, 0.4) is 0 Å². The number of benzene rings is 1. The van der Waals surface area contributed by atoms with Gasteiger partial charge in [-0.15, -0.1) is 11.8 Å². The van der Waals surface area contributed by atoms with Crippen LogP contribution in [0.4, 0.5) is 0 Å². The monoisotopic (exact) mass is 210 g/mol. The van der Waals surface area contributed by atoms with Crippen molar-refractivity contribution in [3.05, 3.63) is 29.8 Å². The van der Waals surface area contributed by atoms with Crippen LogP contribution in [0.1, 0.15) is 19.4 Å². The zero-order chi connectivity index (χ0) is 10.4. The van der Waals surface area contributed by atoms with Gasteiger partial charge < -0.3 is 5.11 Å². The summed E-state index contributed by atoms with van der Waals surface area (Å²) in [6.45, 7) is 4.69. The molecule has 0 fully saturated rings. The van der Waals surface area contributed by atoms with Gasteiger partial charge in [-0.05, 0) is 30.0 Å². The van der Waals surface area contributed by atoms with Gasteiger partial charge in [0.25, 0.3) is 0 Å². The lowest BCUT2D eigenvalue weighted by molar-refractivity contribution is 0.299. The minimum atomic E-state index is 0.234. The van der Waals surface area contributed by atoms with Crippen molar-refractivity contribution in [3.63, 3.8) is 0 Å². The van der Waals surface area contributed by atoms with E-state index in [2.05, 4.69) is 38.1 Å². The summed E-state index contributed by atoms with van der Waals surface area (Å²) >= 11 is 1.89. The van der Waals surface area contributed by atoms with Gasteiger partial charge in [-0.25, -0.2) is 0 Å². The van der Waals surface area contributed by atoms with Gasteiger partial charge in [0.15, 0.2) is 0 Å². The first kappa shape index (κ1) is 11.6. The van der Waals surface area contributed by atoms with Crippen molar-refractivity contribution in [2.45, 2.75) is 25.2 Å². The highest BCUT2D eigenvalue weighted by Gasteiger charge is 1.98. The Morgan fingerprint density at radius 3 is 2.79 bits per heavy atom. The van der Waals surface area contributed by atoms with Crippen LogP contribution in [0.15, 0.2) is 29.2 Å². The number of rotatable bonds is 5. The minimum absolute atomic E-state index is 0.234. The molecule has 1 rings (SSSR count). The average Bonchev–Trinajstić information content (AvgIpc) is 2.16. The molecule has 0 aliphatic rings. The highest BCUT2D eigenvalue weighted by molar-refractivity contribution is 7.99. The molecule has 0 heterocycles. The Hall–Kier alpha value is -0.470. The van der Waals surface area contributed by atoms with Crippen molar-refractivity contribution in [2.75, 3.05) is 12.4 Å². The number of thioether (sulfide) groups is 1.